The fraction of sp³-hybridized carbons (Fsp3) is 0.444. The predicted molar refractivity (Wildman–Crippen MR) is 91.0 cm³/mol. The van der Waals surface area contributed by atoms with Gasteiger partial charge in [-0.05, 0) is 48.9 Å². The summed E-state index contributed by atoms with van der Waals surface area (Å²) in [6, 6.07) is 5.92. The summed E-state index contributed by atoms with van der Waals surface area (Å²) in [5.41, 5.74) is 4.39. The van der Waals surface area contributed by atoms with Crippen LogP contribution in [0.1, 0.15) is 36.0 Å². The number of aryl methyl sites for hydroxylation is 1. The molecular formula is C18H20N2O3S. The minimum atomic E-state index is -3.37. The summed E-state index contributed by atoms with van der Waals surface area (Å²) in [5, 5.41) is 0.222. The van der Waals surface area contributed by atoms with Gasteiger partial charge >= 0.3 is 0 Å². The highest BCUT2D eigenvalue weighted by Crippen LogP contribution is 2.31. The first kappa shape index (κ1) is 15.6. The molecule has 0 unspecified atom stereocenters. The summed E-state index contributed by atoms with van der Waals surface area (Å²) in [7, 11) is -3.37. The fourth-order valence-corrected chi connectivity index (χ4v) is 4.45. The molecule has 2 aromatic rings. The van der Waals surface area contributed by atoms with Gasteiger partial charge in [0.15, 0.2) is 14.9 Å². The summed E-state index contributed by atoms with van der Waals surface area (Å²) in [4.78, 5) is 9.03. The summed E-state index contributed by atoms with van der Waals surface area (Å²) in [6.07, 6.45) is 7.01. The Balaban J connectivity index is 1.89. The Morgan fingerprint density at radius 1 is 0.958 bits per heavy atom. The molecule has 5 nitrogen and oxygen atoms in total. The van der Waals surface area contributed by atoms with E-state index < -0.39 is 9.84 Å². The summed E-state index contributed by atoms with van der Waals surface area (Å²) >= 11 is 0. The molecule has 0 amide bonds. The number of rotatable bonds is 2. The molecular weight excluding hydrogens is 324 g/mol. The van der Waals surface area contributed by atoms with Crippen LogP contribution in [0.3, 0.4) is 0 Å². The minimum Gasteiger partial charge on any atom is -0.477 e. The predicted octanol–water partition coefficient (Wildman–Crippen LogP) is 2.75. The lowest BCUT2D eigenvalue weighted by atomic mass is 10.0. The first-order valence-electron chi connectivity index (χ1n) is 8.38. The van der Waals surface area contributed by atoms with E-state index in [1.165, 1.54) is 6.26 Å². The van der Waals surface area contributed by atoms with Gasteiger partial charge in [-0.1, -0.05) is 12.5 Å². The van der Waals surface area contributed by atoms with Gasteiger partial charge in [0, 0.05) is 18.2 Å². The molecule has 0 atom stereocenters. The second-order valence-corrected chi connectivity index (χ2v) is 8.47. The van der Waals surface area contributed by atoms with Crippen molar-refractivity contribution >= 4 is 9.84 Å². The zero-order valence-corrected chi connectivity index (χ0v) is 14.5. The van der Waals surface area contributed by atoms with E-state index >= 15 is 0 Å². The van der Waals surface area contributed by atoms with Gasteiger partial charge in [-0.2, -0.15) is 0 Å². The smallest absolute Gasteiger partial charge is 0.217 e. The Hall–Kier alpha value is -1.95. The standard InChI is InChI=1S/C18H20N2O3S/c1-24(21,22)18-14-6-4-2-3-5-13(14)11-16(20-18)15-8-7-12-9-10-23-17(12)19-15/h7-8,11H,2-6,9-10H2,1H3. The SMILES string of the molecule is CS(=O)(=O)c1nc(-c2ccc3c(n2)OCC3)cc2c1CCCCC2. The third-order valence-corrected chi connectivity index (χ3v) is 5.75. The van der Waals surface area contributed by atoms with Crippen molar-refractivity contribution in [2.24, 2.45) is 0 Å². The van der Waals surface area contributed by atoms with Crippen molar-refractivity contribution in [3.63, 3.8) is 0 Å². The van der Waals surface area contributed by atoms with Gasteiger partial charge in [0.2, 0.25) is 5.88 Å². The maximum atomic E-state index is 12.3. The zero-order valence-electron chi connectivity index (χ0n) is 13.7. The fourth-order valence-electron chi connectivity index (χ4n) is 3.51. The molecule has 0 fully saturated rings. The summed E-state index contributed by atoms with van der Waals surface area (Å²) < 4.78 is 30.1. The molecule has 1 aliphatic heterocycles. The van der Waals surface area contributed by atoms with Crippen LogP contribution in [0.2, 0.25) is 0 Å². The molecule has 0 aromatic carbocycles. The first-order valence-corrected chi connectivity index (χ1v) is 10.3. The van der Waals surface area contributed by atoms with E-state index in [1.54, 1.807) is 0 Å². The quantitative estimate of drug-likeness (QED) is 0.784. The molecule has 126 valence electrons. The van der Waals surface area contributed by atoms with Crippen molar-refractivity contribution in [3.05, 3.63) is 34.9 Å². The average Bonchev–Trinajstić information content (AvgIpc) is 2.89. The monoisotopic (exact) mass is 344 g/mol. The van der Waals surface area contributed by atoms with Crippen LogP contribution >= 0.6 is 0 Å². The van der Waals surface area contributed by atoms with Crippen LogP contribution in [0.5, 0.6) is 5.88 Å². The van der Waals surface area contributed by atoms with E-state index in [1.807, 2.05) is 18.2 Å². The minimum absolute atomic E-state index is 0.222. The van der Waals surface area contributed by atoms with Gasteiger partial charge in [0.25, 0.3) is 0 Å². The van der Waals surface area contributed by atoms with E-state index in [4.69, 9.17) is 4.74 Å². The molecule has 24 heavy (non-hydrogen) atoms. The zero-order chi connectivity index (χ0) is 16.7. The molecule has 2 aliphatic rings. The number of sulfone groups is 1. The molecule has 4 rings (SSSR count). The number of nitrogens with zero attached hydrogens (tertiary/aromatic N) is 2. The third-order valence-electron chi connectivity index (χ3n) is 4.71. The Bertz CT molecular complexity index is 907. The van der Waals surface area contributed by atoms with Crippen LogP contribution < -0.4 is 4.74 Å². The van der Waals surface area contributed by atoms with Gasteiger partial charge in [-0.25, -0.2) is 18.4 Å². The molecule has 0 radical (unpaired) electrons. The second-order valence-electron chi connectivity index (χ2n) is 6.54. The highest BCUT2D eigenvalue weighted by Gasteiger charge is 2.23. The van der Waals surface area contributed by atoms with Crippen LogP contribution in [0.15, 0.2) is 23.2 Å². The van der Waals surface area contributed by atoms with Crippen molar-refractivity contribution < 1.29 is 13.2 Å². The summed E-state index contributed by atoms with van der Waals surface area (Å²) in [6.45, 7) is 0.651. The van der Waals surface area contributed by atoms with Crippen molar-refractivity contribution in [1.82, 2.24) is 9.97 Å². The maximum absolute atomic E-state index is 12.3. The van der Waals surface area contributed by atoms with Crippen LogP contribution in [-0.4, -0.2) is 31.2 Å². The van der Waals surface area contributed by atoms with Gasteiger partial charge in [-0.15, -0.1) is 0 Å². The Kier molecular flexibility index (Phi) is 3.79. The molecule has 0 N–H and O–H groups in total. The second kappa shape index (κ2) is 5.84. The number of aromatic nitrogens is 2. The van der Waals surface area contributed by atoms with Crippen LogP contribution in [0, 0.1) is 0 Å². The van der Waals surface area contributed by atoms with Gasteiger partial charge in [0.1, 0.15) is 0 Å². The molecule has 2 aromatic heterocycles. The van der Waals surface area contributed by atoms with Crippen LogP contribution in [0.25, 0.3) is 11.4 Å². The van der Waals surface area contributed by atoms with Crippen LogP contribution in [-0.2, 0) is 29.1 Å². The average molecular weight is 344 g/mol. The van der Waals surface area contributed by atoms with Crippen molar-refractivity contribution in [1.29, 1.82) is 0 Å². The lowest BCUT2D eigenvalue weighted by Gasteiger charge is -2.13. The lowest BCUT2D eigenvalue weighted by molar-refractivity contribution is 0.345. The molecule has 3 heterocycles. The maximum Gasteiger partial charge on any atom is 0.217 e. The number of hydrogen-bond donors (Lipinski definition) is 0. The Morgan fingerprint density at radius 2 is 1.79 bits per heavy atom. The van der Waals surface area contributed by atoms with E-state index in [-0.39, 0.29) is 5.03 Å². The number of ether oxygens (including phenoxy) is 1. The molecule has 6 heteroatoms. The number of pyridine rings is 2. The third kappa shape index (κ3) is 2.79. The van der Waals surface area contributed by atoms with Crippen LogP contribution in [0.4, 0.5) is 0 Å². The Morgan fingerprint density at radius 3 is 2.62 bits per heavy atom. The molecule has 0 bridgehead atoms. The molecule has 1 aliphatic carbocycles. The highest BCUT2D eigenvalue weighted by molar-refractivity contribution is 7.90. The van der Waals surface area contributed by atoms with Crippen molar-refractivity contribution in [2.45, 2.75) is 43.6 Å². The topological polar surface area (TPSA) is 69.2 Å². The van der Waals surface area contributed by atoms with Gasteiger partial charge in [0.05, 0.1) is 18.0 Å². The van der Waals surface area contributed by atoms with Gasteiger partial charge < -0.3 is 4.74 Å². The number of hydrogen-bond acceptors (Lipinski definition) is 5. The Labute approximate surface area is 142 Å². The van der Waals surface area contributed by atoms with Crippen molar-refractivity contribution in [2.75, 3.05) is 12.9 Å². The molecule has 0 saturated heterocycles. The normalized spacial score (nSPS) is 16.9. The largest absolute Gasteiger partial charge is 0.477 e. The summed E-state index contributed by atoms with van der Waals surface area (Å²) in [5.74, 6) is 0.644. The van der Waals surface area contributed by atoms with Crippen molar-refractivity contribution in [3.8, 4) is 17.3 Å². The number of fused-ring (bicyclic) bond motifs is 2. The van der Waals surface area contributed by atoms with Gasteiger partial charge in [-0.3, -0.25) is 0 Å². The highest BCUT2D eigenvalue weighted by atomic mass is 32.2. The first-order chi connectivity index (χ1) is 11.5. The van der Waals surface area contributed by atoms with E-state index in [9.17, 15) is 8.42 Å². The lowest BCUT2D eigenvalue weighted by Crippen LogP contribution is -2.09. The van der Waals surface area contributed by atoms with E-state index in [0.717, 1.165) is 55.2 Å². The van der Waals surface area contributed by atoms with E-state index in [0.29, 0.717) is 23.9 Å². The molecule has 0 spiro atoms. The van der Waals surface area contributed by atoms with E-state index in [2.05, 4.69) is 9.97 Å². The molecule has 0 saturated carbocycles.